The Labute approximate surface area is 155 Å². The minimum atomic E-state index is -0.353. The van der Waals surface area contributed by atoms with Crippen LogP contribution in [0.4, 0.5) is 9.18 Å². The summed E-state index contributed by atoms with van der Waals surface area (Å²) in [6.45, 7) is 2.82. The fourth-order valence-electron chi connectivity index (χ4n) is 2.44. The van der Waals surface area contributed by atoms with E-state index in [2.05, 4.69) is 0 Å². The highest BCUT2D eigenvalue weighted by atomic mass is 32.2. The Morgan fingerprint density at radius 2 is 1.77 bits per heavy atom. The molecule has 2 amide bonds. The van der Waals surface area contributed by atoms with Gasteiger partial charge in [0.25, 0.3) is 11.1 Å². The second-order valence-corrected chi connectivity index (χ2v) is 6.81. The Balaban J connectivity index is 1.71. The maximum absolute atomic E-state index is 13.0. The van der Waals surface area contributed by atoms with E-state index in [4.69, 9.17) is 4.74 Å². The zero-order valence-electron chi connectivity index (χ0n) is 14.3. The lowest BCUT2D eigenvalue weighted by Gasteiger charge is -2.12. The molecule has 134 valence electrons. The van der Waals surface area contributed by atoms with Crippen LogP contribution in [0.5, 0.6) is 5.75 Å². The third-order valence-electron chi connectivity index (χ3n) is 3.78. The van der Waals surface area contributed by atoms with E-state index in [0.717, 1.165) is 29.5 Å². The Morgan fingerprint density at radius 3 is 2.42 bits per heavy atom. The lowest BCUT2D eigenvalue weighted by atomic mass is 10.2. The number of benzene rings is 2. The highest BCUT2D eigenvalue weighted by Gasteiger charge is 2.34. The van der Waals surface area contributed by atoms with Gasteiger partial charge in [-0.25, -0.2) is 4.39 Å². The number of ether oxygens (including phenoxy) is 1. The Kier molecular flexibility index (Phi) is 5.73. The lowest BCUT2D eigenvalue weighted by molar-refractivity contribution is -0.123. The molecule has 1 heterocycles. The van der Waals surface area contributed by atoms with Crippen LogP contribution in [0.1, 0.15) is 24.5 Å². The van der Waals surface area contributed by atoms with E-state index in [-0.39, 0.29) is 23.5 Å². The molecule has 0 spiro atoms. The molecule has 1 fully saturated rings. The second kappa shape index (κ2) is 8.19. The average molecular weight is 371 g/mol. The number of rotatable bonds is 6. The number of hydrogen-bond donors (Lipinski definition) is 0. The maximum Gasteiger partial charge on any atom is 0.293 e. The van der Waals surface area contributed by atoms with E-state index in [1.165, 1.54) is 17.0 Å². The molecule has 0 unspecified atom stereocenters. The van der Waals surface area contributed by atoms with Gasteiger partial charge in [-0.2, -0.15) is 0 Å². The number of halogens is 1. The van der Waals surface area contributed by atoms with Gasteiger partial charge in [0.2, 0.25) is 0 Å². The smallest absolute Gasteiger partial charge is 0.293 e. The summed E-state index contributed by atoms with van der Waals surface area (Å²) in [5, 5.41) is -0.325. The molecule has 1 aliphatic rings. The van der Waals surface area contributed by atoms with Crippen molar-refractivity contribution in [1.29, 1.82) is 0 Å². The largest absolute Gasteiger partial charge is 0.494 e. The van der Waals surface area contributed by atoms with E-state index in [1.807, 2.05) is 31.2 Å². The maximum atomic E-state index is 13.0. The third-order valence-corrected chi connectivity index (χ3v) is 4.69. The summed E-state index contributed by atoms with van der Waals surface area (Å²) in [4.78, 5) is 26.2. The number of imide groups is 1. The predicted molar refractivity (Wildman–Crippen MR) is 100 cm³/mol. The number of nitrogens with zero attached hydrogens (tertiary/aromatic N) is 1. The summed E-state index contributed by atoms with van der Waals surface area (Å²) in [5.74, 6) is 0.0817. The molecule has 3 rings (SSSR count). The second-order valence-electron chi connectivity index (χ2n) is 5.81. The van der Waals surface area contributed by atoms with Crippen molar-refractivity contribution in [2.24, 2.45) is 0 Å². The van der Waals surface area contributed by atoms with Crippen LogP contribution >= 0.6 is 11.8 Å². The fraction of sp³-hybridized carbons (Fsp3) is 0.200. The molecule has 4 nitrogen and oxygen atoms in total. The summed E-state index contributed by atoms with van der Waals surface area (Å²) < 4.78 is 18.5. The standard InChI is InChI=1S/C20H18FNO3S/c1-2-11-25-17-9-5-14(6-10-17)12-18-19(23)22(20(24)26-18)13-15-3-7-16(21)8-4-15/h3-10,12H,2,11,13H2,1H3/b18-12-. The van der Waals surface area contributed by atoms with E-state index in [9.17, 15) is 14.0 Å². The van der Waals surface area contributed by atoms with E-state index < -0.39 is 0 Å². The predicted octanol–water partition coefficient (Wildman–Crippen LogP) is 4.85. The summed E-state index contributed by atoms with van der Waals surface area (Å²) in [6.07, 6.45) is 2.63. The SMILES string of the molecule is CCCOc1ccc(/C=C2\SC(=O)N(Cc3ccc(F)cc3)C2=O)cc1. The number of thioether (sulfide) groups is 1. The van der Waals surface area contributed by atoms with E-state index >= 15 is 0 Å². The van der Waals surface area contributed by atoms with Gasteiger partial charge in [-0.05, 0) is 59.7 Å². The zero-order chi connectivity index (χ0) is 18.5. The zero-order valence-corrected chi connectivity index (χ0v) is 15.1. The number of carbonyl (C=O) groups is 2. The molecule has 0 aliphatic carbocycles. The molecule has 26 heavy (non-hydrogen) atoms. The molecule has 0 radical (unpaired) electrons. The molecule has 1 aliphatic heterocycles. The van der Waals surface area contributed by atoms with Gasteiger partial charge >= 0.3 is 0 Å². The van der Waals surface area contributed by atoms with Gasteiger partial charge in [0.05, 0.1) is 18.1 Å². The van der Waals surface area contributed by atoms with Gasteiger partial charge in [-0.15, -0.1) is 0 Å². The van der Waals surface area contributed by atoms with E-state index in [1.54, 1.807) is 18.2 Å². The van der Waals surface area contributed by atoms with Crippen molar-refractivity contribution in [3.05, 3.63) is 70.4 Å². The minimum Gasteiger partial charge on any atom is -0.494 e. The average Bonchev–Trinajstić information content (AvgIpc) is 2.90. The van der Waals surface area contributed by atoms with Crippen LogP contribution in [-0.2, 0) is 11.3 Å². The summed E-state index contributed by atoms with van der Waals surface area (Å²) in [5.41, 5.74) is 1.52. The summed E-state index contributed by atoms with van der Waals surface area (Å²) in [6, 6.07) is 13.1. The van der Waals surface area contributed by atoms with Crippen LogP contribution in [0.3, 0.4) is 0 Å². The van der Waals surface area contributed by atoms with Crippen molar-refractivity contribution < 1.29 is 18.7 Å². The molecule has 2 aromatic rings. The first-order chi connectivity index (χ1) is 12.6. The topological polar surface area (TPSA) is 46.6 Å². The molecular weight excluding hydrogens is 353 g/mol. The quantitative estimate of drug-likeness (QED) is 0.681. The van der Waals surface area contributed by atoms with Crippen LogP contribution in [0.25, 0.3) is 6.08 Å². The molecule has 0 N–H and O–H groups in total. The first kappa shape index (κ1) is 18.2. The lowest BCUT2D eigenvalue weighted by Crippen LogP contribution is -2.27. The van der Waals surface area contributed by atoms with Crippen molar-refractivity contribution in [2.45, 2.75) is 19.9 Å². The van der Waals surface area contributed by atoms with Crippen molar-refractivity contribution in [2.75, 3.05) is 6.61 Å². The van der Waals surface area contributed by atoms with E-state index in [0.29, 0.717) is 17.1 Å². The summed E-state index contributed by atoms with van der Waals surface area (Å²) >= 11 is 0.910. The highest BCUT2D eigenvalue weighted by molar-refractivity contribution is 8.18. The van der Waals surface area contributed by atoms with Crippen molar-refractivity contribution in [3.63, 3.8) is 0 Å². The Hall–Kier alpha value is -2.60. The fourth-order valence-corrected chi connectivity index (χ4v) is 3.28. The van der Waals surface area contributed by atoms with Gasteiger partial charge in [0.1, 0.15) is 11.6 Å². The first-order valence-electron chi connectivity index (χ1n) is 8.29. The van der Waals surface area contributed by atoms with Crippen molar-refractivity contribution >= 4 is 29.0 Å². The van der Waals surface area contributed by atoms with Crippen LogP contribution in [-0.4, -0.2) is 22.7 Å². The van der Waals surface area contributed by atoms with Gasteiger partial charge in [0, 0.05) is 0 Å². The van der Waals surface area contributed by atoms with Crippen LogP contribution in [0, 0.1) is 5.82 Å². The normalized spacial score (nSPS) is 15.8. The molecule has 0 bridgehead atoms. The van der Waals surface area contributed by atoms with Gasteiger partial charge in [0.15, 0.2) is 0 Å². The monoisotopic (exact) mass is 371 g/mol. The molecule has 0 aromatic heterocycles. The molecule has 2 aromatic carbocycles. The molecule has 1 saturated heterocycles. The van der Waals surface area contributed by atoms with Crippen LogP contribution in [0.2, 0.25) is 0 Å². The number of amides is 2. The third kappa shape index (κ3) is 4.32. The Bertz CT molecular complexity index is 831. The number of carbonyl (C=O) groups excluding carboxylic acids is 2. The van der Waals surface area contributed by atoms with Gasteiger partial charge in [-0.3, -0.25) is 14.5 Å². The minimum absolute atomic E-state index is 0.131. The number of hydrogen-bond acceptors (Lipinski definition) is 4. The Morgan fingerprint density at radius 1 is 1.08 bits per heavy atom. The van der Waals surface area contributed by atoms with Crippen molar-refractivity contribution in [3.8, 4) is 5.75 Å². The van der Waals surface area contributed by atoms with Gasteiger partial charge in [-0.1, -0.05) is 31.2 Å². The summed E-state index contributed by atoms with van der Waals surface area (Å²) in [7, 11) is 0. The molecule has 0 saturated carbocycles. The highest BCUT2D eigenvalue weighted by Crippen LogP contribution is 2.33. The van der Waals surface area contributed by atoms with Crippen LogP contribution in [0.15, 0.2) is 53.4 Å². The van der Waals surface area contributed by atoms with Crippen LogP contribution < -0.4 is 4.74 Å². The van der Waals surface area contributed by atoms with Crippen molar-refractivity contribution in [1.82, 2.24) is 4.90 Å². The molecule has 6 heteroatoms. The first-order valence-corrected chi connectivity index (χ1v) is 9.11. The molecular formula is C20H18FNO3S. The van der Waals surface area contributed by atoms with Gasteiger partial charge < -0.3 is 4.74 Å². The molecule has 0 atom stereocenters.